The van der Waals surface area contributed by atoms with Crippen molar-refractivity contribution < 1.29 is 14.3 Å². The van der Waals surface area contributed by atoms with Gasteiger partial charge in [0.25, 0.3) is 0 Å². The highest BCUT2D eigenvalue weighted by Crippen LogP contribution is 2.57. The Balaban J connectivity index is 1.42. The molecule has 4 nitrogen and oxygen atoms in total. The molecular formula is C16H27NO3. The van der Waals surface area contributed by atoms with Gasteiger partial charge in [-0.05, 0) is 45.4 Å². The second kappa shape index (κ2) is 6.02. The first-order valence-corrected chi connectivity index (χ1v) is 8.27. The molecule has 3 rings (SSSR count). The fourth-order valence-electron chi connectivity index (χ4n) is 4.07. The summed E-state index contributed by atoms with van der Waals surface area (Å²) in [4.78, 5) is 12.1. The van der Waals surface area contributed by atoms with Crippen molar-refractivity contribution in [1.82, 2.24) is 5.32 Å². The molecule has 0 bridgehead atoms. The number of ether oxygens (including phenoxy) is 2. The smallest absolute Gasteiger partial charge is 0.220 e. The number of nitrogens with one attached hydrogen (secondary N) is 1. The second-order valence-corrected chi connectivity index (χ2v) is 6.56. The average Bonchev–Trinajstić information content (AvgIpc) is 2.86. The van der Waals surface area contributed by atoms with Crippen LogP contribution in [0.25, 0.3) is 0 Å². The van der Waals surface area contributed by atoms with E-state index in [1.54, 1.807) is 0 Å². The molecule has 0 radical (unpaired) electrons. The highest BCUT2D eigenvalue weighted by atomic mass is 16.5. The van der Waals surface area contributed by atoms with Gasteiger partial charge in [0.2, 0.25) is 5.91 Å². The van der Waals surface area contributed by atoms with Gasteiger partial charge in [0.1, 0.15) is 0 Å². The van der Waals surface area contributed by atoms with Crippen LogP contribution in [0.3, 0.4) is 0 Å². The average molecular weight is 281 g/mol. The normalized spacial score (nSPS) is 34.5. The summed E-state index contributed by atoms with van der Waals surface area (Å²) in [6, 6.07) is 0.352. The van der Waals surface area contributed by atoms with Crippen LogP contribution in [0, 0.1) is 5.41 Å². The monoisotopic (exact) mass is 281 g/mol. The molecule has 3 fully saturated rings. The summed E-state index contributed by atoms with van der Waals surface area (Å²) in [5, 5.41) is 3.25. The van der Waals surface area contributed by atoms with Crippen molar-refractivity contribution in [3.8, 4) is 0 Å². The molecule has 1 saturated heterocycles. The molecule has 0 unspecified atom stereocenters. The first-order chi connectivity index (χ1) is 9.74. The molecule has 2 saturated carbocycles. The van der Waals surface area contributed by atoms with Crippen LogP contribution < -0.4 is 5.32 Å². The molecule has 1 aliphatic heterocycles. The molecule has 2 aliphatic carbocycles. The predicted molar refractivity (Wildman–Crippen MR) is 76.5 cm³/mol. The Morgan fingerprint density at radius 1 is 1.40 bits per heavy atom. The third-order valence-corrected chi connectivity index (χ3v) is 5.49. The van der Waals surface area contributed by atoms with Gasteiger partial charge in [-0.25, -0.2) is 0 Å². The van der Waals surface area contributed by atoms with Crippen molar-refractivity contribution in [3.05, 3.63) is 0 Å². The van der Waals surface area contributed by atoms with Crippen LogP contribution in [-0.4, -0.2) is 37.4 Å². The molecule has 4 heteroatoms. The summed E-state index contributed by atoms with van der Waals surface area (Å²) in [6.45, 7) is 3.71. The third kappa shape index (κ3) is 2.60. The van der Waals surface area contributed by atoms with Crippen LogP contribution >= 0.6 is 0 Å². The number of hydrogen-bond acceptors (Lipinski definition) is 3. The molecule has 0 aromatic heterocycles. The zero-order valence-corrected chi connectivity index (χ0v) is 12.5. The van der Waals surface area contributed by atoms with Crippen molar-refractivity contribution >= 4 is 5.91 Å². The second-order valence-electron chi connectivity index (χ2n) is 6.56. The van der Waals surface area contributed by atoms with Crippen molar-refractivity contribution in [2.75, 3.05) is 13.2 Å². The lowest BCUT2D eigenvalue weighted by Crippen LogP contribution is -2.67. The topological polar surface area (TPSA) is 47.6 Å². The van der Waals surface area contributed by atoms with Crippen LogP contribution in [0.1, 0.15) is 58.3 Å². The highest BCUT2D eigenvalue weighted by Gasteiger charge is 2.59. The lowest BCUT2D eigenvalue weighted by molar-refractivity contribution is -0.175. The van der Waals surface area contributed by atoms with E-state index in [1.165, 1.54) is 19.3 Å². The Morgan fingerprint density at radius 2 is 2.25 bits per heavy atom. The standard InChI is InChI=1S/C16H27NO3/c1-2-19-14-11-13(16(14)8-4-9-16)17-15(18)7-6-12-5-3-10-20-12/h12-14H,2-11H2,1H3,(H,17,18)/t12-,13-,14-/m0/s1. The van der Waals surface area contributed by atoms with E-state index in [0.717, 1.165) is 38.9 Å². The van der Waals surface area contributed by atoms with E-state index in [0.29, 0.717) is 24.7 Å². The van der Waals surface area contributed by atoms with Crippen molar-refractivity contribution in [2.24, 2.45) is 5.41 Å². The van der Waals surface area contributed by atoms with Gasteiger partial charge >= 0.3 is 0 Å². The number of carbonyl (C=O) groups is 1. The van der Waals surface area contributed by atoms with Crippen molar-refractivity contribution in [3.63, 3.8) is 0 Å². The van der Waals surface area contributed by atoms with Crippen LogP contribution in [0.15, 0.2) is 0 Å². The fourth-order valence-corrected chi connectivity index (χ4v) is 4.07. The molecule has 1 spiro atoms. The largest absolute Gasteiger partial charge is 0.378 e. The Labute approximate surface area is 121 Å². The summed E-state index contributed by atoms with van der Waals surface area (Å²) in [7, 11) is 0. The Hall–Kier alpha value is -0.610. The number of rotatable bonds is 6. The van der Waals surface area contributed by atoms with Crippen molar-refractivity contribution in [1.29, 1.82) is 0 Å². The molecule has 1 amide bonds. The molecule has 0 aromatic carbocycles. The highest BCUT2D eigenvalue weighted by molar-refractivity contribution is 5.76. The molecule has 1 N–H and O–H groups in total. The van der Waals surface area contributed by atoms with Gasteiger partial charge < -0.3 is 14.8 Å². The van der Waals surface area contributed by atoms with E-state index in [-0.39, 0.29) is 11.3 Å². The lowest BCUT2D eigenvalue weighted by atomic mass is 9.51. The molecule has 1 heterocycles. The van der Waals surface area contributed by atoms with Crippen molar-refractivity contribution in [2.45, 2.75) is 76.5 Å². The van der Waals surface area contributed by atoms with Gasteiger partial charge in [-0.15, -0.1) is 0 Å². The SMILES string of the molecule is CCO[C@H]1C[C@H](NC(=O)CC[C@@H]2CCCO2)C12CCC2. The van der Waals surface area contributed by atoms with Gasteiger partial charge in [-0.1, -0.05) is 6.42 Å². The van der Waals surface area contributed by atoms with Gasteiger partial charge in [0.05, 0.1) is 12.2 Å². The zero-order valence-electron chi connectivity index (χ0n) is 12.5. The number of carbonyl (C=O) groups excluding carboxylic acids is 1. The summed E-state index contributed by atoms with van der Waals surface area (Å²) >= 11 is 0. The van der Waals surface area contributed by atoms with Gasteiger partial charge in [-0.3, -0.25) is 4.79 Å². The minimum Gasteiger partial charge on any atom is -0.378 e. The molecule has 0 aromatic rings. The van der Waals surface area contributed by atoms with Crippen LogP contribution in [0.2, 0.25) is 0 Å². The first kappa shape index (κ1) is 14.3. The van der Waals surface area contributed by atoms with E-state index in [2.05, 4.69) is 12.2 Å². The zero-order chi connectivity index (χ0) is 14.0. The third-order valence-electron chi connectivity index (χ3n) is 5.49. The molecular weight excluding hydrogens is 254 g/mol. The van der Waals surface area contributed by atoms with Gasteiger partial charge in [-0.2, -0.15) is 0 Å². The molecule has 20 heavy (non-hydrogen) atoms. The van der Waals surface area contributed by atoms with E-state index >= 15 is 0 Å². The Morgan fingerprint density at radius 3 is 2.85 bits per heavy atom. The number of amides is 1. The van der Waals surface area contributed by atoms with Crippen LogP contribution in [0.5, 0.6) is 0 Å². The van der Waals surface area contributed by atoms with Gasteiger partial charge in [0, 0.05) is 31.1 Å². The first-order valence-electron chi connectivity index (χ1n) is 8.27. The van der Waals surface area contributed by atoms with Crippen LogP contribution in [-0.2, 0) is 14.3 Å². The maximum absolute atomic E-state index is 12.1. The Kier molecular flexibility index (Phi) is 4.32. The molecule has 3 atom stereocenters. The van der Waals surface area contributed by atoms with Gasteiger partial charge in [0.15, 0.2) is 0 Å². The predicted octanol–water partition coefficient (Wildman–Crippen LogP) is 2.41. The quantitative estimate of drug-likeness (QED) is 0.813. The van der Waals surface area contributed by atoms with E-state index in [1.807, 2.05) is 0 Å². The lowest BCUT2D eigenvalue weighted by Gasteiger charge is -2.61. The molecule has 3 aliphatic rings. The maximum atomic E-state index is 12.1. The summed E-state index contributed by atoms with van der Waals surface area (Å²) in [5.41, 5.74) is 0.273. The minimum atomic E-state index is 0.201. The fraction of sp³-hybridized carbons (Fsp3) is 0.938. The van der Waals surface area contributed by atoms with E-state index < -0.39 is 0 Å². The molecule has 114 valence electrons. The summed E-state index contributed by atoms with van der Waals surface area (Å²) < 4.78 is 11.4. The van der Waals surface area contributed by atoms with Crippen LogP contribution in [0.4, 0.5) is 0 Å². The Bertz CT molecular complexity index is 348. The minimum absolute atomic E-state index is 0.201. The summed E-state index contributed by atoms with van der Waals surface area (Å²) in [6.07, 6.45) is 9.16. The van der Waals surface area contributed by atoms with E-state index in [9.17, 15) is 4.79 Å². The van der Waals surface area contributed by atoms with E-state index in [4.69, 9.17) is 9.47 Å². The number of hydrogen-bond donors (Lipinski definition) is 1. The maximum Gasteiger partial charge on any atom is 0.220 e. The summed E-state index contributed by atoms with van der Waals surface area (Å²) in [5.74, 6) is 0.201.